The molecule has 0 saturated carbocycles. The van der Waals surface area contributed by atoms with Crippen molar-refractivity contribution in [1.29, 1.82) is 0 Å². The van der Waals surface area contributed by atoms with Gasteiger partial charge in [0, 0.05) is 11.6 Å². The summed E-state index contributed by atoms with van der Waals surface area (Å²) in [6, 6.07) is 6.53. The van der Waals surface area contributed by atoms with Gasteiger partial charge < -0.3 is 9.64 Å². The number of hydrogen-bond acceptors (Lipinski definition) is 2. The van der Waals surface area contributed by atoms with Crippen molar-refractivity contribution >= 4 is 17.5 Å². The van der Waals surface area contributed by atoms with Crippen molar-refractivity contribution in [2.45, 2.75) is 32.8 Å². The minimum atomic E-state index is -2.55. The van der Waals surface area contributed by atoms with E-state index in [2.05, 4.69) is 0 Å². The zero-order chi connectivity index (χ0) is 15.1. The summed E-state index contributed by atoms with van der Waals surface area (Å²) in [4.78, 5) is 13.2. The highest BCUT2D eigenvalue weighted by Crippen LogP contribution is 2.17. The fourth-order valence-electron chi connectivity index (χ4n) is 1.75. The van der Waals surface area contributed by atoms with E-state index in [1.54, 1.807) is 31.2 Å². The van der Waals surface area contributed by atoms with Gasteiger partial charge in [0.2, 0.25) is 0 Å². The first kappa shape index (κ1) is 16.7. The predicted octanol–water partition coefficient (Wildman–Crippen LogP) is 3.61. The van der Waals surface area contributed by atoms with Crippen LogP contribution in [-0.2, 0) is 4.79 Å². The smallest absolute Gasteiger partial charge is 0.263 e. The molecule has 1 aromatic carbocycles. The van der Waals surface area contributed by atoms with Crippen molar-refractivity contribution in [3.63, 3.8) is 0 Å². The summed E-state index contributed by atoms with van der Waals surface area (Å²) in [7, 11) is 0. The summed E-state index contributed by atoms with van der Waals surface area (Å²) in [5.74, 6) is 0.0332. The minimum Gasteiger partial charge on any atom is -0.481 e. The molecule has 1 atom stereocenters. The zero-order valence-corrected chi connectivity index (χ0v) is 12.2. The molecule has 0 N–H and O–H groups in total. The highest BCUT2D eigenvalue weighted by molar-refractivity contribution is 6.30. The molecule has 0 saturated heterocycles. The Labute approximate surface area is 122 Å². The van der Waals surface area contributed by atoms with Crippen molar-refractivity contribution in [3.8, 4) is 5.75 Å². The van der Waals surface area contributed by atoms with Gasteiger partial charge in [0.1, 0.15) is 5.75 Å². The van der Waals surface area contributed by atoms with Crippen LogP contribution in [0.4, 0.5) is 8.78 Å². The molecule has 1 unspecified atom stereocenters. The summed E-state index contributed by atoms with van der Waals surface area (Å²) >= 11 is 5.75. The molecule has 112 valence electrons. The van der Waals surface area contributed by atoms with Gasteiger partial charge in [-0.25, -0.2) is 8.78 Å². The van der Waals surface area contributed by atoms with Crippen LogP contribution in [0.3, 0.4) is 0 Å². The largest absolute Gasteiger partial charge is 0.481 e. The van der Waals surface area contributed by atoms with E-state index in [-0.39, 0.29) is 6.54 Å². The maximum atomic E-state index is 12.5. The van der Waals surface area contributed by atoms with Crippen LogP contribution >= 0.6 is 11.6 Å². The Morgan fingerprint density at radius 3 is 2.45 bits per heavy atom. The summed E-state index contributed by atoms with van der Waals surface area (Å²) < 4.78 is 30.4. The van der Waals surface area contributed by atoms with Gasteiger partial charge in [-0.3, -0.25) is 4.79 Å². The van der Waals surface area contributed by atoms with Gasteiger partial charge in [-0.1, -0.05) is 18.5 Å². The molecule has 0 spiro atoms. The Bertz CT molecular complexity index is 426. The van der Waals surface area contributed by atoms with E-state index in [0.29, 0.717) is 17.2 Å². The number of halogens is 3. The van der Waals surface area contributed by atoms with E-state index in [0.717, 1.165) is 4.90 Å². The number of rotatable bonds is 7. The molecule has 1 rings (SSSR count). The molecule has 0 radical (unpaired) electrons. The maximum absolute atomic E-state index is 12.5. The maximum Gasteiger partial charge on any atom is 0.263 e. The number of benzene rings is 1. The molecule has 1 amide bonds. The van der Waals surface area contributed by atoms with E-state index in [4.69, 9.17) is 16.3 Å². The van der Waals surface area contributed by atoms with Gasteiger partial charge in [-0.2, -0.15) is 0 Å². The van der Waals surface area contributed by atoms with Crippen LogP contribution in [0, 0.1) is 0 Å². The molecule has 0 aromatic heterocycles. The molecular weight excluding hydrogens is 288 g/mol. The van der Waals surface area contributed by atoms with Crippen LogP contribution in [0.5, 0.6) is 5.75 Å². The van der Waals surface area contributed by atoms with Gasteiger partial charge in [-0.15, -0.1) is 0 Å². The third-order valence-corrected chi connectivity index (χ3v) is 2.89. The number of hydrogen-bond donors (Lipinski definition) is 0. The Balaban J connectivity index is 2.65. The van der Waals surface area contributed by atoms with Crippen molar-refractivity contribution in [2.75, 3.05) is 13.1 Å². The van der Waals surface area contributed by atoms with Crippen molar-refractivity contribution in [1.82, 2.24) is 4.90 Å². The molecule has 20 heavy (non-hydrogen) atoms. The topological polar surface area (TPSA) is 29.5 Å². The van der Waals surface area contributed by atoms with Gasteiger partial charge in [0.05, 0.1) is 6.54 Å². The number of amides is 1. The van der Waals surface area contributed by atoms with Crippen molar-refractivity contribution < 1.29 is 18.3 Å². The third kappa shape index (κ3) is 5.33. The lowest BCUT2D eigenvalue weighted by Crippen LogP contribution is -2.43. The summed E-state index contributed by atoms with van der Waals surface area (Å²) in [6.07, 6.45) is -2.75. The summed E-state index contributed by atoms with van der Waals surface area (Å²) in [6.45, 7) is 3.10. The summed E-state index contributed by atoms with van der Waals surface area (Å²) in [5, 5.41) is 0.557. The quantitative estimate of drug-likeness (QED) is 0.770. The normalized spacial score (nSPS) is 12.3. The lowest BCUT2D eigenvalue weighted by atomic mass is 10.3. The molecule has 0 aliphatic heterocycles. The minimum absolute atomic E-state index is 0.289. The highest BCUT2D eigenvalue weighted by Gasteiger charge is 2.24. The van der Waals surface area contributed by atoms with Gasteiger partial charge in [0.15, 0.2) is 6.10 Å². The average Bonchev–Trinajstić information content (AvgIpc) is 2.39. The number of nitrogens with zero attached hydrogens (tertiary/aromatic N) is 1. The highest BCUT2D eigenvalue weighted by atomic mass is 35.5. The van der Waals surface area contributed by atoms with Gasteiger partial charge >= 0.3 is 0 Å². The standard InChI is InChI=1S/C14H18ClF2NO2/c1-3-8-18(9-13(16)17)14(19)10(2)20-12-6-4-11(15)5-7-12/h4-7,10,13H,3,8-9H2,1-2H3. The first-order valence-electron chi connectivity index (χ1n) is 6.43. The molecule has 0 heterocycles. The predicted molar refractivity (Wildman–Crippen MR) is 74.4 cm³/mol. The molecule has 0 bridgehead atoms. The molecular formula is C14H18ClF2NO2. The second-order valence-electron chi connectivity index (χ2n) is 4.39. The van der Waals surface area contributed by atoms with E-state index < -0.39 is 25.0 Å². The van der Waals surface area contributed by atoms with Gasteiger partial charge in [-0.05, 0) is 37.6 Å². The number of carbonyl (C=O) groups is 1. The molecule has 1 aromatic rings. The molecule has 3 nitrogen and oxygen atoms in total. The monoisotopic (exact) mass is 305 g/mol. The number of carbonyl (C=O) groups excluding carboxylic acids is 1. The van der Waals surface area contributed by atoms with Crippen molar-refractivity contribution in [3.05, 3.63) is 29.3 Å². The first-order chi connectivity index (χ1) is 9.43. The molecule has 0 aliphatic carbocycles. The second-order valence-corrected chi connectivity index (χ2v) is 4.83. The number of alkyl halides is 2. The Kier molecular flexibility index (Phi) is 6.71. The Morgan fingerprint density at radius 1 is 1.35 bits per heavy atom. The fourth-order valence-corrected chi connectivity index (χ4v) is 1.88. The second kappa shape index (κ2) is 8.04. The third-order valence-electron chi connectivity index (χ3n) is 2.64. The van der Waals surface area contributed by atoms with E-state index in [1.807, 2.05) is 6.92 Å². The molecule has 0 aliphatic rings. The van der Waals surface area contributed by atoms with E-state index in [9.17, 15) is 13.6 Å². The van der Waals surface area contributed by atoms with Gasteiger partial charge in [0.25, 0.3) is 12.3 Å². The lowest BCUT2D eigenvalue weighted by molar-refractivity contribution is -0.139. The van der Waals surface area contributed by atoms with Crippen LogP contribution in [0.1, 0.15) is 20.3 Å². The van der Waals surface area contributed by atoms with Crippen LogP contribution in [0.15, 0.2) is 24.3 Å². The zero-order valence-electron chi connectivity index (χ0n) is 11.5. The molecule has 0 fully saturated rings. The fraction of sp³-hybridized carbons (Fsp3) is 0.500. The van der Waals surface area contributed by atoms with E-state index >= 15 is 0 Å². The SMILES string of the molecule is CCCN(CC(F)F)C(=O)C(C)Oc1ccc(Cl)cc1. The van der Waals surface area contributed by atoms with Crippen molar-refractivity contribution in [2.24, 2.45) is 0 Å². The van der Waals surface area contributed by atoms with Crippen LogP contribution in [0.2, 0.25) is 5.02 Å². The Morgan fingerprint density at radius 2 is 1.95 bits per heavy atom. The van der Waals surface area contributed by atoms with E-state index in [1.165, 1.54) is 0 Å². The summed E-state index contributed by atoms with van der Waals surface area (Å²) in [5.41, 5.74) is 0. The Hall–Kier alpha value is -1.36. The van der Waals surface area contributed by atoms with Crippen LogP contribution < -0.4 is 4.74 Å². The first-order valence-corrected chi connectivity index (χ1v) is 6.81. The average molecular weight is 306 g/mol. The lowest BCUT2D eigenvalue weighted by Gasteiger charge is -2.25. The molecule has 6 heteroatoms. The van der Waals surface area contributed by atoms with Crippen LogP contribution in [0.25, 0.3) is 0 Å². The number of ether oxygens (including phenoxy) is 1. The van der Waals surface area contributed by atoms with Crippen LogP contribution in [-0.4, -0.2) is 36.4 Å².